The number of nitrogens with zero attached hydrogens (tertiary/aromatic N) is 1. The largest absolute Gasteiger partial charge is 0.439 e. The zero-order chi connectivity index (χ0) is 12.3. The minimum Gasteiger partial charge on any atom is -0.439 e. The molecule has 3 nitrogen and oxygen atoms in total. The molecule has 1 N–H and O–H groups in total. The average molecular weight is 233 g/mol. The molecule has 1 heterocycles. The summed E-state index contributed by atoms with van der Waals surface area (Å²) < 4.78 is 18.7. The van der Waals surface area contributed by atoms with Gasteiger partial charge in [0.05, 0.1) is 6.61 Å². The molecule has 0 aliphatic carbocycles. The van der Waals surface area contributed by atoms with Crippen LogP contribution in [0.2, 0.25) is 0 Å². The Bertz CT molecular complexity index is 529. The molecule has 0 aliphatic heterocycles. The van der Waals surface area contributed by atoms with E-state index in [-0.39, 0.29) is 12.4 Å². The van der Waals surface area contributed by atoms with E-state index < -0.39 is 0 Å². The van der Waals surface area contributed by atoms with E-state index in [0.29, 0.717) is 22.8 Å². The predicted octanol–water partition coefficient (Wildman–Crippen LogP) is 2.81. The van der Waals surface area contributed by atoms with Gasteiger partial charge in [-0.25, -0.2) is 9.37 Å². The third-order valence-corrected chi connectivity index (χ3v) is 2.35. The van der Waals surface area contributed by atoms with Crippen molar-refractivity contribution < 1.29 is 14.2 Å². The van der Waals surface area contributed by atoms with Gasteiger partial charge in [0.25, 0.3) is 0 Å². The van der Waals surface area contributed by atoms with Crippen molar-refractivity contribution in [1.29, 1.82) is 0 Å². The van der Waals surface area contributed by atoms with Crippen LogP contribution in [0.3, 0.4) is 0 Å². The normalized spacial score (nSPS) is 10.3. The highest BCUT2D eigenvalue weighted by molar-refractivity contribution is 5.32. The molecule has 0 atom stereocenters. The highest BCUT2D eigenvalue weighted by atomic mass is 19.1. The lowest BCUT2D eigenvalue weighted by atomic mass is 10.2. The minimum absolute atomic E-state index is 0.0822. The van der Waals surface area contributed by atoms with Crippen LogP contribution in [0.15, 0.2) is 36.5 Å². The van der Waals surface area contributed by atoms with Crippen molar-refractivity contribution >= 4 is 0 Å². The van der Waals surface area contributed by atoms with Crippen LogP contribution in [-0.2, 0) is 6.61 Å². The number of aliphatic hydroxyl groups is 1. The summed E-state index contributed by atoms with van der Waals surface area (Å²) in [4.78, 5) is 3.98. The first-order valence-electron chi connectivity index (χ1n) is 5.19. The average Bonchev–Trinajstić information content (AvgIpc) is 2.34. The fraction of sp³-hybridized carbons (Fsp3) is 0.154. The third kappa shape index (κ3) is 2.79. The number of ether oxygens (including phenoxy) is 1. The molecule has 88 valence electrons. The maximum Gasteiger partial charge on any atom is 0.219 e. The SMILES string of the molecule is Cc1ccc(Oc2cc(CO)ccn2)cc1F. The van der Waals surface area contributed by atoms with Gasteiger partial charge >= 0.3 is 0 Å². The number of hydrogen-bond acceptors (Lipinski definition) is 3. The summed E-state index contributed by atoms with van der Waals surface area (Å²) in [6, 6.07) is 7.91. The lowest BCUT2D eigenvalue weighted by Crippen LogP contribution is -1.91. The van der Waals surface area contributed by atoms with Crippen LogP contribution in [0.4, 0.5) is 4.39 Å². The van der Waals surface area contributed by atoms with Crippen LogP contribution in [-0.4, -0.2) is 10.1 Å². The van der Waals surface area contributed by atoms with E-state index in [4.69, 9.17) is 9.84 Å². The van der Waals surface area contributed by atoms with E-state index in [2.05, 4.69) is 4.98 Å². The van der Waals surface area contributed by atoms with Gasteiger partial charge in [-0.3, -0.25) is 0 Å². The Balaban J connectivity index is 2.22. The number of aryl methyl sites for hydroxylation is 1. The molecule has 0 fully saturated rings. The van der Waals surface area contributed by atoms with Gasteiger partial charge in [-0.2, -0.15) is 0 Å². The van der Waals surface area contributed by atoms with Crippen molar-refractivity contribution in [2.75, 3.05) is 0 Å². The quantitative estimate of drug-likeness (QED) is 0.886. The van der Waals surface area contributed by atoms with Crippen LogP contribution >= 0.6 is 0 Å². The van der Waals surface area contributed by atoms with Gasteiger partial charge in [0.1, 0.15) is 11.6 Å². The van der Waals surface area contributed by atoms with Crippen molar-refractivity contribution in [1.82, 2.24) is 4.98 Å². The number of aliphatic hydroxyl groups excluding tert-OH is 1. The monoisotopic (exact) mass is 233 g/mol. The number of benzene rings is 1. The van der Waals surface area contributed by atoms with E-state index in [1.807, 2.05) is 0 Å². The van der Waals surface area contributed by atoms with Crippen molar-refractivity contribution in [2.45, 2.75) is 13.5 Å². The molecule has 2 rings (SSSR count). The number of hydrogen-bond donors (Lipinski definition) is 1. The van der Waals surface area contributed by atoms with E-state index in [0.717, 1.165) is 0 Å². The number of aromatic nitrogens is 1. The Morgan fingerprint density at radius 2 is 2.12 bits per heavy atom. The van der Waals surface area contributed by atoms with Gasteiger partial charge in [0.15, 0.2) is 0 Å². The van der Waals surface area contributed by atoms with Crippen LogP contribution in [0, 0.1) is 12.7 Å². The molecule has 0 saturated heterocycles. The fourth-order valence-electron chi connectivity index (χ4n) is 1.36. The Morgan fingerprint density at radius 3 is 2.82 bits per heavy atom. The molecule has 0 radical (unpaired) electrons. The van der Waals surface area contributed by atoms with Gasteiger partial charge in [-0.05, 0) is 30.2 Å². The summed E-state index contributed by atoms with van der Waals surface area (Å²) >= 11 is 0. The van der Waals surface area contributed by atoms with E-state index in [1.165, 1.54) is 12.3 Å². The summed E-state index contributed by atoms with van der Waals surface area (Å²) in [5.41, 5.74) is 1.26. The number of rotatable bonds is 3. The first-order valence-corrected chi connectivity index (χ1v) is 5.19. The van der Waals surface area contributed by atoms with Gasteiger partial charge in [0.2, 0.25) is 5.88 Å². The van der Waals surface area contributed by atoms with Crippen LogP contribution in [0.25, 0.3) is 0 Å². The molecular weight excluding hydrogens is 221 g/mol. The highest BCUT2D eigenvalue weighted by Gasteiger charge is 2.03. The molecular formula is C13H12FNO2. The second-order valence-corrected chi connectivity index (χ2v) is 3.67. The standard InChI is InChI=1S/C13H12FNO2/c1-9-2-3-11(7-12(9)14)17-13-6-10(8-16)4-5-15-13/h2-7,16H,8H2,1H3. The zero-order valence-electron chi connectivity index (χ0n) is 9.35. The first kappa shape index (κ1) is 11.5. The van der Waals surface area contributed by atoms with Crippen LogP contribution < -0.4 is 4.74 Å². The maximum absolute atomic E-state index is 13.3. The molecule has 0 bridgehead atoms. The molecule has 0 amide bonds. The third-order valence-electron chi connectivity index (χ3n) is 2.35. The molecule has 0 unspecified atom stereocenters. The minimum atomic E-state index is -0.319. The fourth-order valence-corrected chi connectivity index (χ4v) is 1.36. The van der Waals surface area contributed by atoms with E-state index in [9.17, 15) is 4.39 Å². The maximum atomic E-state index is 13.3. The summed E-state index contributed by atoms with van der Waals surface area (Å²) in [5.74, 6) is 0.399. The van der Waals surface area contributed by atoms with Gasteiger partial charge in [0, 0.05) is 18.3 Å². The lowest BCUT2D eigenvalue weighted by molar-refractivity contribution is 0.281. The second kappa shape index (κ2) is 4.93. The topological polar surface area (TPSA) is 42.4 Å². The Hall–Kier alpha value is -1.94. The Labute approximate surface area is 98.5 Å². The predicted molar refractivity (Wildman–Crippen MR) is 61.4 cm³/mol. The van der Waals surface area contributed by atoms with Crippen molar-refractivity contribution in [3.8, 4) is 11.6 Å². The summed E-state index contributed by atoms with van der Waals surface area (Å²) in [5, 5.41) is 8.97. The molecule has 17 heavy (non-hydrogen) atoms. The molecule has 0 saturated carbocycles. The van der Waals surface area contributed by atoms with Gasteiger partial charge in [-0.1, -0.05) is 6.07 Å². The zero-order valence-corrected chi connectivity index (χ0v) is 9.35. The van der Waals surface area contributed by atoms with Crippen molar-refractivity contribution in [3.05, 3.63) is 53.5 Å². The number of halogens is 1. The smallest absolute Gasteiger partial charge is 0.219 e. The second-order valence-electron chi connectivity index (χ2n) is 3.67. The van der Waals surface area contributed by atoms with E-state index >= 15 is 0 Å². The molecule has 0 aliphatic rings. The summed E-state index contributed by atoms with van der Waals surface area (Å²) in [6.45, 7) is 1.60. The Morgan fingerprint density at radius 1 is 1.29 bits per heavy atom. The van der Waals surface area contributed by atoms with Crippen LogP contribution in [0.1, 0.15) is 11.1 Å². The van der Waals surface area contributed by atoms with Gasteiger partial charge in [-0.15, -0.1) is 0 Å². The first-order chi connectivity index (χ1) is 8.19. The Kier molecular flexibility index (Phi) is 3.35. The molecule has 1 aromatic heterocycles. The lowest BCUT2D eigenvalue weighted by Gasteiger charge is -2.06. The molecule has 4 heteroatoms. The van der Waals surface area contributed by atoms with E-state index in [1.54, 1.807) is 31.2 Å². The molecule has 0 spiro atoms. The van der Waals surface area contributed by atoms with Crippen molar-refractivity contribution in [2.24, 2.45) is 0 Å². The summed E-state index contributed by atoms with van der Waals surface area (Å²) in [7, 11) is 0. The highest BCUT2D eigenvalue weighted by Crippen LogP contribution is 2.22. The van der Waals surface area contributed by atoms with Crippen LogP contribution in [0.5, 0.6) is 11.6 Å². The molecule has 2 aromatic rings. The number of pyridine rings is 1. The molecule has 1 aromatic carbocycles. The van der Waals surface area contributed by atoms with Gasteiger partial charge < -0.3 is 9.84 Å². The van der Waals surface area contributed by atoms with Crippen molar-refractivity contribution in [3.63, 3.8) is 0 Å². The summed E-state index contributed by atoms with van der Waals surface area (Å²) in [6.07, 6.45) is 1.53.